The van der Waals surface area contributed by atoms with Gasteiger partial charge in [0.25, 0.3) is 10.0 Å². The SMILES string of the molecule is CCc1ccc(N(CC(C)C)S(=O)(=O)c2ccc3c(c2)C(N)NN3)cc1. The molecular weight excluding hydrogens is 348 g/mol. The van der Waals surface area contributed by atoms with Crippen molar-refractivity contribution in [3.8, 4) is 0 Å². The number of nitrogens with zero attached hydrogens (tertiary/aromatic N) is 1. The Bertz CT molecular complexity index is 879. The average molecular weight is 375 g/mol. The molecule has 6 nitrogen and oxygen atoms in total. The van der Waals surface area contributed by atoms with Gasteiger partial charge in [0.05, 0.1) is 16.3 Å². The molecule has 1 aliphatic heterocycles. The van der Waals surface area contributed by atoms with Gasteiger partial charge in [0, 0.05) is 12.1 Å². The van der Waals surface area contributed by atoms with Crippen molar-refractivity contribution in [1.82, 2.24) is 5.43 Å². The lowest BCUT2D eigenvalue weighted by Crippen LogP contribution is -2.34. The number of hydrogen-bond donors (Lipinski definition) is 3. The van der Waals surface area contributed by atoms with Gasteiger partial charge in [0.1, 0.15) is 6.17 Å². The molecule has 0 radical (unpaired) electrons. The molecule has 1 atom stereocenters. The van der Waals surface area contributed by atoms with Crippen LogP contribution in [0.1, 0.15) is 38.1 Å². The van der Waals surface area contributed by atoms with E-state index in [0.29, 0.717) is 12.2 Å². The van der Waals surface area contributed by atoms with Gasteiger partial charge in [-0.25, -0.2) is 13.8 Å². The third-order valence-corrected chi connectivity index (χ3v) is 6.26. The van der Waals surface area contributed by atoms with Crippen molar-refractivity contribution in [3.63, 3.8) is 0 Å². The van der Waals surface area contributed by atoms with Crippen molar-refractivity contribution in [1.29, 1.82) is 0 Å². The van der Waals surface area contributed by atoms with Crippen molar-refractivity contribution in [3.05, 3.63) is 53.6 Å². The number of fused-ring (bicyclic) bond motifs is 1. The van der Waals surface area contributed by atoms with E-state index in [9.17, 15) is 8.42 Å². The lowest BCUT2D eigenvalue weighted by Gasteiger charge is -2.26. The maximum Gasteiger partial charge on any atom is 0.264 e. The first-order valence-electron chi connectivity index (χ1n) is 8.85. The quantitative estimate of drug-likeness (QED) is 0.723. The highest BCUT2D eigenvalue weighted by atomic mass is 32.2. The van der Waals surface area contributed by atoms with E-state index in [1.54, 1.807) is 18.2 Å². The molecule has 1 aliphatic rings. The second-order valence-corrected chi connectivity index (χ2v) is 8.81. The summed E-state index contributed by atoms with van der Waals surface area (Å²) in [5, 5.41) is 0. The van der Waals surface area contributed by atoms with E-state index < -0.39 is 16.2 Å². The fraction of sp³-hybridized carbons (Fsp3) is 0.368. The summed E-state index contributed by atoms with van der Waals surface area (Å²) in [5.41, 5.74) is 15.2. The van der Waals surface area contributed by atoms with Gasteiger partial charge < -0.3 is 11.2 Å². The van der Waals surface area contributed by atoms with E-state index in [2.05, 4.69) is 17.8 Å². The van der Waals surface area contributed by atoms with Crippen LogP contribution in [0.15, 0.2) is 47.4 Å². The zero-order chi connectivity index (χ0) is 18.9. The van der Waals surface area contributed by atoms with E-state index in [1.807, 2.05) is 38.1 Å². The topological polar surface area (TPSA) is 87.5 Å². The minimum atomic E-state index is -3.69. The summed E-state index contributed by atoms with van der Waals surface area (Å²) in [6.07, 6.45) is 0.488. The summed E-state index contributed by atoms with van der Waals surface area (Å²) in [6.45, 7) is 6.51. The fourth-order valence-corrected chi connectivity index (χ4v) is 4.67. The van der Waals surface area contributed by atoms with E-state index >= 15 is 0 Å². The van der Waals surface area contributed by atoms with Crippen LogP contribution in [0.2, 0.25) is 0 Å². The minimum Gasteiger partial charge on any atom is -0.319 e. The Balaban J connectivity index is 2.03. The third kappa shape index (κ3) is 3.56. The molecule has 140 valence electrons. The van der Waals surface area contributed by atoms with Crippen molar-refractivity contribution in [2.75, 3.05) is 16.3 Å². The Morgan fingerprint density at radius 3 is 2.46 bits per heavy atom. The maximum atomic E-state index is 13.4. The van der Waals surface area contributed by atoms with Gasteiger partial charge in [0.2, 0.25) is 0 Å². The number of hydrazine groups is 1. The molecule has 1 unspecified atom stereocenters. The third-order valence-electron chi connectivity index (χ3n) is 4.47. The van der Waals surface area contributed by atoms with Gasteiger partial charge in [-0.1, -0.05) is 32.9 Å². The van der Waals surface area contributed by atoms with Crippen LogP contribution in [-0.4, -0.2) is 15.0 Å². The highest BCUT2D eigenvalue weighted by Crippen LogP contribution is 2.31. The molecule has 0 aliphatic carbocycles. The summed E-state index contributed by atoms with van der Waals surface area (Å²) in [5.74, 6) is 0.190. The molecule has 0 amide bonds. The van der Waals surface area contributed by atoms with E-state index in [4.69, 9.17) is 5.73 Å². The number of anilines is 2. The van der Waals surface area contributed by atoms with Crippen LogP contribution in [0.4, 0.5) is 11.4 Å². The van der Waals surface area contributed by atoms with Gasteiger partial charge in [0.15, 0.2) is 0 Å². The zero-order valence-electron chi connectivity index (χ0n) is 15.4. The Kier molecular flexibility index (Phi) is 5.22. The van der Waals surface area contributed by atoms with Crippen molar-refractivity contribution >= 4 is 21.4 Å². The molecular formula is C19H26N4O2S. The van der Waals surface area contributed by atoms with Crippen molar-refractivity contribution in [2.45, 2.75) is 38.3 Å². The molecule has 0 fully saturated rings. The summed E-state index contributed by atoms with van der Waals surface area (Å²) in [4.78, 5) is 0.248. The van der Waals surface area contributed by atoms with Crippen LogP contribution in [0.25, 0.3) is 0 Å². The highest BCUT2D eigenvalue weighted by Gasteiger charge is 2.28. The Morgan fingerprint density at radius 2 is 1.85 bits per heavy atom. The van der Waals surface area contributed by atoms with Crippen LogP contribution in [0, 0.1) is 5.92 Å². The summed E-state index contributed by atoms with van der Waals surface area (Å²) >= 11 is 0. The number of rotatable bonds is 6. The Labute approximate surface area is 155 Å². The predicted molar refractivity (Wildman–Crippen MR) is 105 cm³/mol. The molecule has 7 heteroatoms. The molecule has 0 aromatic heterocycles. The lowest BCUT2D eigenvalue weighted by atomic mass is 10.1. The van der Waals surface area contributed by atoms with Gasteiger partial charge in [-0.15, -0.1) is 0 Å². The monoisotopic (exact) mass is 374 g/mol. The van der Waals surface area contributed by atoms with Crippen LogP contribution in [-0.2, 0) is 16.4 Å². The fourth-order valence-electron chi connectivity index (χ4n) is 3.00. The maximum absolute atomic E-state index is 13.4. The van der Waals surface area contributed by atoms with Crippen molar-refractivity contribution in [2.24, 2.45) is 11.7 Å². The van der Waals surface area contributed by atoms with Crippen LogP contribution < -0.4 is 20.9 Å². The van der Waals surface area contributed by atoms with Crippen LogP contribution in [0.5, 0.6) is 0 Å². The predicted octanol–water partition coefficient (Wildman–Crippen LogP) is 2.99. The molecule has 3 rings (SSSR count). The molecule has 4 N–H and O–H groups in total. The molecule has 0 saturated carbocycles. The van der Waals surface area contributed by atoms with Crippen LogP contribution in [0.3, 0.4) is 0 Å². The number of sulfonamides is 1. The number of nitrogens with one attached hydrogen (secondary N) is 2. The minimum absolute atomic E-state index is 0.190. The first-order chi connectivity index (χ1) is 12.3. The normalized spacial score (nSPS) is 16.4. The zero-order valence-corrected chi connectivity index (χ0v) is 16.2. The molecule has 26 heavy (non-hydrogen) atoms. The highest BCUT2D eigenvalue weighted by molar-refractivity contribution is 7.92. The number of benzene rings is 2. The van der Waals surface area contributed by atoms with E-state index in [0.717, 1.165) is 17.7 Å². The summed E-state index contributed by atoms with van der Waals surface area (Å²) < 4.78 is 28.2. The first kappa shape index (κ1) is 18.7. The molecule has 2 aromatic rings. The second kappa shape index (κ2) is 7.26. The molecule has 0 bridgehead atoms. The van der Waals surface area contributed by atoms with Crippen molar-refractivity contribution < 1.29 is 8.42 Å². The van der Waals surface area contributed by atoms with Gasteiger partial charge in [-0.2, -0.15) is 0 Å². The second-order valence-electron chi connectivity index (χ2n) is 6.95. The summed E-state index contributed by atoms with van der Waals surface area (Å²) in [7, 11) is -3.69. The standard InChI is InChI=1S/C19H26N4O2S/c1-4-14-5-7-15(8-6-14)23(12-13(2)3)26(24,25)16-9-10-18-17(11-16)19(20)22-21-18/h5-11,13,19,21-22H,4,12,20H2,1-3H3. The van der Waals surface area contributed by atoms with Gasteiger partial charge in [-0.3, -0.25) is 4.31 Å². The largest absolute Gasteiger partial charge is 0.319 e. The average Bonchev–Trinajstić information content (AvgIpc) is 3.00. The molecule has 0 spiro atoms. The van der Waals surface area contributed by atoms with Gasteiger partial charge in [-0.05, 0) is 48.2 Å². The Morgan fingerprint density at radius 1 is 1.15 bits per heavy atom. The van der Waals surface area contributed by atoms with Gasteiger partial charge >= 0.3 is 0 Å². The number of nitrogens with two attached hydrogens (primary N) is 1. The smallest absolute Gasteiger partial charge is 0.264 e. The van der Waals surface area contributed by atoms with E-state index in [1.165, 1.54) is 9.87 Å². The molecule has 1 heterocycles. The van der Waals surface area contributed by atoms with E-state index in [-0.39, 0.29) is 10.8 Å². The lowest BCUT2D eigenvalue weighted by molar-refractivity contribution is 0.577. The number of hydrogen-bond acceptors (Lipinski definition) is 5. The Hall–Kier alpha value is -2.09. The van der Waals surface area contributed by atoms with Crippen LogP contribution >= 0.6 is 0 Å². The first-order valence-corrected chi connectivity index (χ1v) is 10.3. The number of aryl methyl sites for hydroxylation is 1. The summed E-state index contributed by atoms with van der Waals surface area (Å²) in [6, 6.07) is 12.7. The molecule has 2 aromatic carbocycles. The molecule has 0 saturated heterocycles.